The minimum absolute atomic E-state index is 0.0840. The first-order valence-corrected chi connectivity index (χ1v) is 9.84. The van der Waals surface area contributed by atoms with Crippen LogP contribution in [-0.2, 0) is 4.79 Å². The molecule has 0 spiro atoms. The van der Waals surface area contributed by atoms with E-state index in [9.17, 15) is 4.79 Å². The van der Waals surface area contributed by atoms with Crippen molar-refractivity contribution in [2.45, 2.75) is 25.8 Å². The van der Waals surface area contributed by atoms with Crippen molar-refractivity contribution in [2.75, 3.05) is 33.3 Å². The van der Waals surface area contributed by atoms with Gasteiger partial charge in [-0.15, -0.1) is 0 Å². The number of piperidine rings is 1. The van der Waals surface area contributed by atoms with Gasteiger partial charge in [0.05, 0.1) is 19.2 Å². The Labute approximate surface area is 162 Å². The van der Waals surface area contributed by atoms with Crippen molar-refractivity contribution in [1.82, 2.24) is 9.80 Å². The van der Waals surface area contributed by atoms with Crippen LogP contribution in [0.5, 0.6) is 5.75 Å². The van der Waals surface area contributed by atoms with Crippen LogP contribution in [0.1, 0.15) is 31.4 Å². The zero-order valence-corrected chi connectivity index (χ0v) is 16.4. The van der Waals surface area contributed by atoms with Gasteiger partial charge in [0.2, 0.25) is 5.91 Å². The van der Waals surface area contributed by atoms with Gasteiger partial charge < -0.3 is 9.64 Å². The lowest BCUT2D eigenvalue weighted by atomic mass is 9.99. The zero-order valence-electron chi connectivity index (χ0n) is 16.4. The van der Waals surface area contributed by atoms with Crippen LogP contribution in [-0.4, -0.2) is 49.0 Å². The van der Waals surface area contributed by atoms with Crippen LogP contribution < -0.4 is 4.74 Å². The molecule has 2 unspecified atom stereocenters. The number of para-hydroxylation sites is 1. The van der Waals surface area contributed by atoms with Crippen molar-refractivity contribution in [3.8, 4) is 5.75 Å². The van der Waals surface area contributed by atoms with Crippen LogP contribution in [0.4, 0.5) is 0 Å². The van der Waals surface area contributed by atoms with Gasteiger partial charge in [-0.2, -0.15) is 0 Å². The van der Waals surface area contributed by atoms with Gasteiger partial charge in [0.15, 0.2) is 0 Å². The van der Waals surface area contributed by atoms with E-state index in [4.69, 9.17) is 4.74 Å². The van der Waals surface area contributed by atoms with Gasteiger partial charge in [-0.3, -0.25) is 9.69 Å². The number of ether oxygens (including phenoxy) is 1. The number of hydrogen-bond donors (Lipinski definition) is 0. The van der Waals surface area contributed by atoms with E-state index in [-0.39, 0.29) is 11.9 Å². The zero-order chi connectivity index (χ0) is 19.1. The fraction of sp³-hybridized carbons (Fsp3) is 0.435. The molecule has 1 heterocycles. The molecule has 1 aliphatic rings. The van der Waals surface area contributed by atoms with Gasteiger partial charge >= 0.3 is 0 Å². The van der Waals surface area contributed by atoms with E-state index in [0.29, 0.717) is 19.1 Å². The maximum atomic E-state index is 12.8. The highest BCUT2D eigenvalue weighted by Gasteiger charge is 2.25. The standard InChI is InChI=1S/C23H30N2O2/c1-19(21-11-5-3-6-12-21)24(2)23(26)17-25-15-9-10-20(16-25)18-27-22-13-7-4-8-14-22/h3-8,11-14,19-20H,9-10,15-18H2,1-2H3. The Hall–Kier alpha value is -2.33. The average Bonchev–Trinajstić information content (AvgIpc) is 2.73. The van der Waals surface area contributed by atoms with Gasteiger partial charge in [0.25, 0.3) is 0 Å². The Morgan fingerprint density at radius 2 is 1.81 bits per heavy atom. The van der Waals surface area contributed by atoms with Crippen LogP contribution in [0.2, 0.25) is 0 Å². The first-order chi connectivity index (χ1) is 13.1. The van der Waals surface area contributed by atoms with Crippen LogP contribution in [0.15, 0.2) is 60.7 Å². The van der Waals surface area contributed by atoms with Gasteiger partial charge in [-0.25, -0.2) is 0 Å². The highest BCUT2D eigenvalue weighted by Crippen LogP contribution is 2.21. The Morgan fingerprint density at radius 1 is 1.15 bits per heavy atom. The summed E-state index contributed by atoms with van der Waals surface area (Å²) in [4.78, 5) is 16.9. The first-order valence-electron chi connectivity index (χ1n) is 9.84. The SMILES string of the molecule is CC(c1ccccc1)N(C)C(=O)CN1CCCC(COc2ccccc2)C1. The minimum Gasteiger partial charge on any atom is -0.493 e. The monoisotopic (exact) mass is 366 g/mol. The third-order valence-corrected chi connectivity index (χ3v) is 5.45. The van der Waals surface area contributed by atoms with Crippen LogP contribution in [0.3, 0.4) is 0 Å². The quantitative estimate of drug-likeness (QED) is 0.743. The summed E-state index contributed by atoms with van der Waals surface area (Å²) in [5.74, 6) is 1.57. The van der Waals surface area contributed by atoms with E-state index in [2.05, 4.69) is 24.0 Å². The van der Waals surface area contributed by atoms with Gasteiger partial charge in [0.1, 0.15) is 5.75 Å². The number of hydrogen-bond acceptors (Lipinski definition) is 3. The second-order valence-corrected chi connectivity index (χ2v) is 7.46. The Bertz CT molecular complexity index is 705. The topological polar surface area (TPSA) is 32.8 Å². The molecule has 0 aromatic heterocycles. The number of likely N-dealkylation sites (tertiary alicyclic amines) is 1. The fourth-order valence-corrected chi connectivity index (χ4v) is 3.64. The van der Waals surface area contributed by atoms with Crippen molar-refractivity contribution in [2.24, 2.45) is 5.92 Å². The van der Waals surface area contributed by atoms with E-state index < -0.39 is 0 Å². The number of benzene rings is 2. The molecule has 1 aliphatic heterocycles. The number of amides is 1. The van der Waals surface area contributed by atoms with Crippen molar-refractivity contribution in [1.29, 1.82) is 0 Å². The first kappa shape index (κ1) is 19.4. The smallest absolute Gasteiger partial charge is 0.236 e. The molecule has 0 aliphatic carbocycles. The summed E-state index contributed by atoms with van der Waals surface area (Å²) < 4.78 is 5.92. The van der Waals surface area contributed by atoms with Crippen LogP contribution >= 0.6 is 0 Å². The summed E-state index contributed by atoms with van der Waals surface area (Å²) in [5.41, 5.74) is 1.17. The molecule has 1 amide bonds. The predicted molar refractivity (Wildman–Crippen MR) is 109 cm³/mol. The van der Waals surface area contributed by atoms with Gasteiger partial charge in [-0.1, -0.05) is 48.5 Å². The molecule has 144 valence electrons. The summed E-state index contributed by atoms with van der Waals surface area (Å²) >= 11 is 0. The molecule has 1 fully saturated rings. The molecule has 3 rings (SSSR count). The van der Waals surface area contributed by atoms with Crippen molar-refractivity contribution in [3.05, 3.63) is 66.2 Å². The second-order valence-electron chi connectivity index (χ2n) is 7.46. The fourth-order valence-electron chi connectivity index (χ4n) is 3.64. The molecule has 2 atom stereocenters. The number of carbonyl (C=O) groups is 1. The number of rotatable bonds is 7. The van der Waals surface area contributed by atoms with Crippen molar-refractivity contribution in [3.63, 3.8) is 0 Å². The van der Waals surface area contributed by atoms with Crippen molar-refractivity contribution < 1.29 is 9.53 Å². The maximum absolute atomic E-state index is 12.8. The summed E-state index contributed by atoms with van der Waals surface area (Å²) in [7, 11) is 1.90. The third-order valence-electron chi connectivity index (χ3n) is 5.45. The molecule has 2 aromatic carbocycles. The second kappa shape index (κ2) is 9.56. The van der Waals surface area contributed by atoms with Crippen molar-refractivity contribution >= 4 is 5.91 Å². The molecule has 1 saturated heterocycles. The van der Waals surface area contributed by atoms with E-state index in [1.807, 2.05) is 60.5 Å². The lowest BCUT2D eigenvalue weighted by Gasteiger charge is -2.34. The molecule has 0 radical (unpaired) electrons. The summed E-state index contributed by atoms with van der Waals surface area (Å²) in [6.45, 7) is 5.19. The molecule has 4 heteroatoms. The van der Waals surface area contributed by atoms with Gasteiger partial charge in [-0.05, 0) is 44.0 Å². The third kappa shape index (κ3) is 5.57. The summed E-state index contributed by atoms with van der Waals surface area (Å²) in [5, 5.41) is 0. The molecule has 0 N–H and O–H groups in total. The highest BCUT2D eigenvalue weighted by atomic mass is 16.5. The average molecular weight is 367 g/mol. The molecule has 27 heavy (non-hydrogen) atoms. The van der Waals surface area contributed by atoms with Crippen LogP contribution in [0, 0.1) is 5.92 Å². The van der Waals surface area contributed by atoms with E-state index >= 15 is 0 Å². The Kier molecular flexibility index (Phi) is 6.88. The molecular formula is C23H30N2O2. The Morgan fingerprint density at radius 3 is 2.52 bits per heavy atom. The number of nitrogens with zero attached hydrogens (tertiary/aromatic N) is 2. The Balaban J connectivity index is 1.48. The number of likely N-dealkylation sites (N-methyl/N-ethyl adjacent to an activating group) is 1. The molecule has 4 nitrogen and oxygen atoms in total. The molecule has 0 saturated carbocycles. The lowest BCUT2D eigenvalue weighted by Crippen LogP contribution is -2.44. The van der Waals surface area contributed by atoms with Gasteiger partial charge in [0, 0.05) is 19.5 Å². The van der Waals surface area contributed by atoms with Crippen LogP contribution in [0.25, 0.3) is 0 Å². The normalized spacial score (nSPS) is 18.7. The lowest BCUT2D eigenvalue weighted by molar-refractivity contribution is -0.133. The van der Waals surface area contributed by atoms with E-state index in [0.717, 1.165) is 31.7 Å². The molecule has 0 bridgehead atoms. The number of carbonyl (C=O) groups excluding carboxylic acids is 1. The molecule has 2 aromatic rings. The highest BCUT2D eigenvalue weighted by molar-refractivity contribution is 5.78. The summed E-state index contributed by atoms with van der Waals surface area (Å²) in [6.07, 6.45) is 2.28. The molecular weight excluding hydrogens is 336 g/mol. The largest absolute Gasteiger partial charge is 0.493 e. The summed E-state index contributed by atoms with van der Waals surface area (Å²) in [6, 6.07) is 20.2. The van der Waals surface area contributed by atoms with E-state index in [1.54, 1.807) is 0 Å². The predicted octanol–water partition coefficient (Wildman–Crippen LogP) is 4.00. The minimum atomic E-state index is 0.0840. The van der Waals surface area contributed by atoms with E-state index in [1.165, 1.54) is 5.56 Å². The maximum Gasteiger partial charge on any atom is 0.236 e.